The number of carbonyl (C=O) groups is 2. The summed E-state index contributed by atoms with van der Waals surface area (Å²) in [7, 11) is 1.57. The normalized spacial score (nSPS) is 17.7. The van der Waals surface area contributed by atoms with E-state index >= 15 is 0 Å². The summed E-state index contributed by atoms with van der Waals surface area (Å²) in [6.07, 6.45) is 0. The van der Waals surface area contributed by atoms with Crippen LogP contribution in [-0.2, 0) is 9.59 Å². The molecule has 0 spiro atoms. The fourth-order valence-corrected chi connectivity index (χ4v) is 4.96. The summed E-state index contributed by atoms with van der Waals surface area (Å²) in [4.78, 5) is 28.2. The molecule has 1 aliphatic heterocycles. The van der Waals surface area contributed by atoms with E-state index in [0.29, 0.717) is 21.2 Å². The van der Waals surface area contributed by atoms with Crippen LogP contribution in [0.25, 0.3) is 5.76 Å². The maximum Gasteiger partial charge on any atom is 0.300 e. The first-order chi connectivity index (χ1) is 15.7. The van der Waals surface area contributed by atoms with Gasteiger partial charge in [0.15, 0.2) is 0 Å². The van der Waals surface area contributed by atoms with Crippen LogP contribution in [-0.4, -0.2) is 29.0 Å². The molecule has 1 fully saturated rings. The molecule has 2 heterocycles. The van der Waals surface area contributed by atoms with E-state index < -0.39 is 17.7 Å². The molecule has 33 heavy (non-hydrogen) atoms. The molecule has 8 heteroatoms. The highest BCUT2D eigenvalue weighted by Gasteiger charge is 2.48. The molecule has 2 aromatic carbocycles. The summed E-state index contributed by atoms with van der Waals surface area (Å²) < 4.78 is 5.42. The van der Waals surface area contributed by atoms with E-state index in [4.69, 9.17) is 16.3 Å². The second kappa shape index (κ2) is 8.92. The molecule has 1 saturated heterocycles. The number of aliphatic hydroxyl groups is 1. The Morgan fingerprint density at radius 3 is 2.55 bits per heavy atom. The van der Waals surface area contributed by atoms with Gasteiger partial charge in [-0.25, -0.2) is 0 Å². The number of aromatic hydroxyl groups is 1. The largest absolute Gasteiger partial charge is 0.507 e. The van der Waals surface area contributed by atoms with Crippen molar-refractivity contribution < 1.29 is 24.5 Å². The van der Waals surface area contributed by atoms with Crippen LogP contribution < -0.4 is 9.64 Å². The SMILES string of the molecule is COc1ccc(/C(O)=C2/C(=O)C(=O)N(c3cc(Cl)ccc3O)C2c2cccs2)cc1C(C)C. The first-order valence-electron chi connectivity index (χ1n) is 10.3. The number of hydrogen-bond donors (Lipinski definition) is 2. The van der Waals surface area contributed by atoms with Gasteiger partial charge >= 0.3 is 0 Å². The quantitative estimate of drug-likeness (QED) is 0.269. The van der Waals surface area contributed by atoms with Crippen molar-refractivity contribution in [2.45, 2.75) is 25.8 Å². The van der Waals surface area contributed by atoms with E-state index in [2.05, 4.69) is 0 Å². The molecule has 0 saturated carbocycles. The molecule has 1 aromatic heterocycles. The number of methoxy groups -OCH3 is 1. The maximum absolute atomic E-state index is 13.2. The maximum atomic E-state index is 13.2. The van der Waals surface area contributed by atoms with E-state index in [1.54, 1.807) is 37.4 Å². The van der Waals surface area contributed by atoms with E-state index in [1.165, 1.54) is 34.4 Å². The minimum Gasteiger partial charge on any atom is -0.507 e. The highest BCUT2D eigenvalue weighted by Crippen LogP contribution is 2.46. The third-order valence-corrected chi connectivity index (χ3v) is 6.74. The number of rotatable bonds is 5. The number of hydrogen-bond acceptors (Lipinski definition) is 6. The Balaban J connectivity index is 1.95. The van der Waals surface area contributed by atoms with Gasteiger partial charge in [-0.3, -0.25) is 14.5 Å². The number of nitrogens with zero attached hydrogens (tertiary/aromatic N) is 1. The molecule has 1 unspecified atom stereocenters. The lowest BCUT2D eigenvalue weighted by atomic mass is 9.95. The molecular formula is C25H22ClNO5S. The van der Waals surface area contributed by atoms with Gasteiger partial charge < -0.3 is 14.9 Å². The molecule has 3 aromatic rings. The number of phenolic OH excluding ortho intramolecular Hbond substituents is 1. The summed E-state index contributed by atoms with van der Waals surface area (Å²) in [6, 6.07) is 12.1. The van der Waals surface area contributed by atoms with Gasteiger partial charge in [-0.05, 0) is 59.3 Å². The van der Waals surface area contributed by atoms with Crippen LogP contribution in [0.4, 0.5) is 5.69 Å². The fraction of sp³-hybridized carbons (Fsp3) is 0.200. The van der Waals surface area contributed by atoms with Crippen molar-refractivity contribution in [2.24, 2.45) is 0 Å². The standard InChI is InChI=1S/C25H22ClNO5S/c1-13(2)16-11-14(6-9-19(16)32-3)23(29)21-22(20-5-4-10-33-20)27(25(31)24(21)30)17-12-15(26)7-8-18(17)28/h4-13,22,28-29H,1-3H3/b23-21-. The first-order valence-corrected chi connectivity index (χ1v) is 11.5. The van der Waals surface area contributed by atoms with Gasteiger partial charge in [0.1, 0.15) is 23.3 Å². The lowest BCUT2D eigenvalue weighted by Crippen LogP contribution is -2.29. The first kappa shape index (κ1) is 22.9. The minimum atomic E-state index is -0.918. The average molecular weight is 484 g/mol. The van der Waals surface area contributed by atoms with Crippen molar-refractivity contribution >= 4 is 46.1 Å². The van der Waals surface area contributed by atoms with E-state index in [1.807, 2.05) is 19.2 Å². The van der Waals surface area contributed by atoms with Crippen molar-refractivity contribution in [1.29, 1.82) is 0 Å². The Hall–Kier alpha value is -3.29. The van der Waals surface area contributed by atoms with Crippen molar-refractivity contribution in [2.75, 3.05) is 12.0 Å². The number of anilines is 1. The number of thiophene rings is 1. The number of amides is 1. The fourth-order valence-electron chi connectivity index (χ4n) is 3.97. The Morgan fingerprint density at radius 2 is 1.91 bits per heavy atom. The molecular weight excluding hydrogens is 462 g/mol. The number of benzene rings is 2. The summed E-state index contributed by atoms with van der Waals surface area (Å²) >= 11 is 7.45. The number of carbonyl (C=O) groups excluding carboxylic acids is 2. The Morgan fingerprint density at radius 1 is 1.15 bits per heavy atom. The van der Waals surface area contributed by atoms with Crippen LogP contribution in [0.1, 0.15) is 41.8 Å². The zero-order valence-corrected chi connectivity index (χ0v) is 19.8. The highest BCUT2D eigenvalue weighted by molar-refractivity contribution is 7.10. The van der Waals surface area contributed by atoms with E-state index in [-0.39, 0.29) is 28.7 Å². The summed E-state index contributed by atoms with van der Waals surface area (Å²) in [5.41, 5.74) is 1.30. The number of Topliss-reactive ketones (excluding diaryl/α,β-unsaturated/α-hetero) is 1. The van der Waals surface area contributed by atoms with Gasteiger partial charge in [0.25, 0.3) is 11.7 Å². The monoisotopic (exact) mass is 483 g/mol. The molecule has 0 radical (unpaired) electrons. The molecule has 0 bridgehead atoms. The predicted octanol–water partition coefficient (Wildman–Crippen LogP) is 5.87. The van der Waals surface area contributed by atoms with Crippen LogP contribution in [0.15, 0.2) is 59.5 Å². The molecule has 6 nitrogen and oxygen atoms in total. The van der Waals surface area contributed by atoms with Crippen LogP contribution in [0.2, 0.25) is 5.02 Å². The average Bonchev–Trinajstić information content (AvgIpc) is 3.41. The number of ketones is 1. The van der Waals surface area contributed by atoms with Gasteiger partial charge in [0.05, 0.1) is 18.4 Å². The summed E-state index contributed by atoms with van der Waals surface area (Å²) in [5, 5.41) is 23.9. The number of ether oxygens (including phenoxy) is 1. The van der Waals surface area contributed by atoms with Crippen molar-refractivity contribution in [3.05, 3.63) is 80.5 Å². The summed E-state index contributed by atoms with van der Waals surface area (Å²) in [5.74, 6) is -1.42. The van der Waals surface area contributed by atoms with Gasteiger partial charge in [-0.15, -0.1) is 11.3 Å². The smallest absolute Gasteiger partial charge is 0.300 e. The Labute approximate surface area is 200 Å². The van der Waals surface area contributed by atoms with Gasteiger partial charge in [-0.2, -0.15) is 0 Å². The summed E-state index contributed by atoms with van der Waals surface area (Å²) in [6.45, 7) is 3.99. The van der Waals surface area contributed by atoms with E-state index in [9.17, 15) is 19.8 Å². The van der Waals surface area contributed by atoms with Crippen LogP contribution in [0.3, 0.4) is 0 Å². The molecule has 0 aliphatic carbocycles. The molecule has 4 rings (SSSR count). The zero-order valence-electron chi connectivity index (χ0n) is 18.2. The molecule has 2 N–H and O–H groups in total. The number of halogens is 1. The van der Waals surface area contributed by atoms with Crippen LogP contribution in [0, 0.1) is 0 Å². The zero-order chi connectivity index (χ0) is 23.9. The topological polar surface area (TPSA) is 87.1 Å². The van der Waals surface area contributed by atoms with Gasteiger partial charge in [-0.1, -0.05) is 31.5 Å². The molecule has 1 amide bonds. The van der Waals surface area contributed by atoms with Crippen LogP contribution in [0.5, 0.6) is 11.5 Å². The highest BCUT2D eigenvalue weighted by atomic mass is 35.5. The third-order valence-electron chi connectivity index (χ3n) is 5.58. The molecule has 170 valence electrons. The lowest BCUT2D eigenvalue weighted by Gasteiger charge is -2.25. The van der Waals surface area contributed by atoms with Crippen molar-refractivity contribution in [1.82, 2.24) is 0 Å². The number of aliphatic hydroxyl groups excluding tert-OH is 1. The molecule has 1 aliphatic rings. The van der Waals surface area contributed by atoms with Crippen molar-refractivity contribution in [3.63, 3.8) is 0 Å². The van der Waals surface area contributed by atoms with Crippen LogP contribution >= 0.6 is 22.9 Å². The lowest BCUT2D eigenvalue weighted by molar-refractivity contribution is -0.132. The number of phenols is 1. The van der Waals surface area contributed by atoms with E-state index in [0.717, 1.165) is 5.56 Å². The van der Waals surface area contributed by atoms with Gasteiger partial charge in [0, 0.05) is 15.5 Å². The third kappa shape index (κ3) is 3.98. The second-order valence-corrected chi connectivity index (χ2v) is 9.34. The Kier molecular flexibility index (Phi) is 6.19. The second-order valence-electron chi connectivity index (χ2n) is 7.93. The van der Waals surface area contributed by atoms with Crippen molar-refractivity contribution in [3.8, 4) is 11.5 Å². The molecule has 1 atom stereocenters. The van der Waals surface area contributed by atoms with Gasteiger partial charge in [0.2, 0.25) is 0 Å². The Bertz CT molecular complexity index is 1270. The predicted molar refractivity (Wildman–Crippen MR) is 129 cm³/mol. The minimum absolute atomic E-state index is 0.0540.